The van der Waals surface area contributed by atoms with Crippen molar-refractivity contribution in [3.63, 3.8) is 0 Å². The Morgan fingerprint density at radius 1 is 1.07 bits per heavy atom. The van der Waals surface area contributed by atoms with Crippen LogP contribution in [-0.2, 0) is 10.0 Å². The van der Waals surface area contributed by atoms with Crippen LogP contribution in [0.2, 0.25) is 5.02 Å². The van der Waals surface area contributed by atoms with Crippen molar-refractivity contribution in [2.45, 2.75) is 42.0 Å². The number of anilines is 1. The van der Waals surface area contributed by atoms with Gasteiger partial charge in [-0.2, -0.15) is 0 Å². The van der Waals surface area contributed by atoms with Gasteiger partial charge < -0.3 is 5.32 Å². The molecule has 5 nitrogen and oxygen atoms in total. The van der Waals surface area contributed by atoms with Crippen molar-refractivity contribution in [1.29, 1.82) is 0 Å². The van der Waals surface area contributed by atoms with Gasteiger partial charge in [0.2, 0.25) is 10.0 Å². The smallest absolute Gasteiger partial charge is 0.250 e. The van der Waals surface area contributed by atoms with Crippen LogP contribution >= 0.6 is 22.9 Å². The summed E-state index contributed by atoms with van der Waals surface area (Å²) in [6, 6.07) is 11.4. The second-order valence-electron chi connectivity index (χ2n) is 6.77. The molecule has 4 rings (SSSR count). The van der Waals surface area contributed by atoms with Crippen LogP contribution in [0.5, 0.6) is 0 Å². The van der Waals surface area contributed by atoms with Gasteiger partial charge in [-0.3, -0.25) is 4.98 Å². The number of sulfonamides is 1. The van der Waals surface area contributed by atoms with E-state index in [-0.39, 0.29) is 6.04 Å². The molecule has 2 N–H and O–H groups in total. The molecule has 142 valence electrons. The summed E-state index contributed by atoms with van der Waals surface area (Å²) in [6.45, 7) is 0. The molecule has 1 aliphatic carbocycles. The van der Waals surface area contributed by atoms with Crippen LogP contribution in [-0.4, -0.2) is 25.5 Å². The van der Waals surface area contributed by atoms with Gasteiger partial charge in [0.15, 0.2) is 0 Å². The van der Waals surface area contributed by atoms with E-state index in [4.69, 9.17) is 11.6 Å². The standard InChI is InChI=1S/C19H20ClN3O2S2/c20-13-3-8-16-17(9-10-21-18(16)12-13)22-14-4-6-15(7-5-14)23-27(24,25)19-2-1-11-26-19/h1-3,8-12,14-15,23H,4-7H2,(H,21,22)/t14-,15+. The molecule has 2 aromatic heterocycles. The van der Waals surface area contributed by atoms with Crippen molar-refractivity contribution in [3.05, 3.63) is 53.0 Å². The molecule has 1 fully saturated rings. The topological polar surface area (TPSA) is 71.1 Å². The van der Waals surface area contributed by atoms with E-state index in [9.17, 15) is 8.42 Å². The first-order valence-electron chi connectivity index (χ1n) is 8.88. The highest BCUT2D eigenvalue weighted by molar-refractivity contribution is 7.91. The zero-order chi connectivity index (χ0) is 18.9. The number of hydrogen-bond donors (Lipinski definition) is 2. The summed E-state index contributed by atoms with van der Waals surface area (Å²) in [4.78, 5) is 4.37. The number of nitrogens with one attached hydrogen (secondary N) is 2. The van der Waals surface area contributed by atoms with Gasteiger partial charge in [0.1, 0.15) is 4.21 Å². The minimum atomic E-state index is -3.40. The number of benzene rings is 1. The molecule has 0 bridgehead atoms. The summed E-state index contributed by atoms with van der Waals surface area (Å²) < 4.78 is 28.0. The van der Waals surface area contributed by atoms with Crippen LogP contribution in [0, 0.1) is 0 Å². The lowest BCUT2D eigenvalue weighted by molar-refractivity contribution is 0.387. The Labute approximate surface area is 167 Å². The lowest BCUT2D eigenvalue weighted by Gasteiger charge is -2.30. The molecule has 27 heavy (non-hydrogen) atoms. The Morgan fingerprint density at radius 3 is 2.59 bits per heavy atom. The summed E-state index contributed by atoms with van der Waals surface area (Å²) in [5, 5.41) is 7.09. The van der Waals surface area contributed by atoms with Gasteiger partial charge in [0.05, 0.1) is 5.52 Å². The maximum absolute atomic E-state index is 12.4. The number of halogens is 1. The van der Waals surface area contributed by atoms with Gasteiger partial charge in [-0.1, -0.05) is 17.7 Å². The molecule has 0 atom stereocenters. The number of fused-ring (bicyclic) bond motifs is 1. The number of rotatable bonds is 5. The quantitative estimate of drug-likeness (QED) is 0.628. The second kappa shape index (κ2) is 7.75. The highest BCUT2D eigenvalue weighted by atomic mass is 35.5. The Kier molecular flexibility index (Phi) is 5.36. The maximum atomic E-state index is 12.4. The lowest BCUT2D eigenvalue weighted by Crippen LogP contribution is -2.39. The lowest BCUT2D eigenvalue weighted by atomic mass is 9.91. The summed E-state index contributed by atoms with van der Waals surface area (Å²) in [5.41, 5.74) is 1.91. The van der Waals surface area contributed by atoms with Crippen molar-refractivity contribution in [3.8, 4) is 0 Å². The molecular formula is C19H20ClN3O2S2. The summed E-state index contributed by atoms with van der Waals surface area (Å²) in [6.07, 6.45) is 5.24. The van der Waals surface area contributed by atoms with Gasteiger partial charge in [-0.15, -0.1) is 11.3 Å². The Bertz CT molecular complexity index is 1030. The molecule has 2 heterocycles. The first-order chi connectivity index (χ1) is 13.0. The third-order valence-corrected chi connectivity index (χ3v) is 8.03. The number of nitrogens with zero attached hydrogens (tertiary/aromatic N) is 1. The predicted molar refractivity (Wildman–Crippen MR) is 111 cm³/mol. The monoisotopic (exact) mass is 421 g/mol. The Morgan fingerprint density at radius 2 is 1.85 bits per heavy atom. The highest BCUT2D eigenvalue weighted by Crippen LogP contribution is 2.29. The Hall–Kier alpha value is -1.67. The van der Waals surface area contributed by atoms with Crippen molar-refractivity contribution >= 4 is 49.6 Å². The first-order valence-corrected chi connectivity index (χ1v) is 11.6. The van der Waals surface area contributed by atoms with Crippen LogP contribution in [0.25, 0.3) is 10.9 Å². The average molecular weight is 422 g/mol. The minimum Gasteiger partial charge on any atom is -0.382 e. The summed E-state index contributed by atoms with van der Waals surface area (Å²) >= 11 is 7.30. The number of aromatic nitrogens is 1. The number of pyridine rings is 1. The Balaban J connectivity index is 1.39. The molecule has 0 aliphatic heterocycles. The fourth-order valence-electron chi connectivity index (χ4n) is 3.52. The zero-order valence-corrected chi connectivity index (χ0v) is 16.9. The van der Waals surface area contributed by atoms with E-state index in [1.165, 1.54) is 11.3 Å². The molecule has 0 unspecified atom stereocenters. The van der Waals surface area contributed by atoms with E-state index in [1.54, 1.807) is 23.7 Å². The molecule has 0 amide bonds. The van der Waals surface area contributed by atoms with E-state index in [0.717, 1.165) is 42.3 Å². The molecule has 1 saturated carbocycles. The van der Waals surface area contributed by atoms with Crippen molar-refractivity contribution in [2.24, 2.45) is 0 Å². The van der Waals surface area contributed by atoms with Gasteiger partial charge >= 0.3 is 0 Å². The third kappa shape index (κ3) is 4.27. The van der Waals surface area contributed by atoms with E-state index in [2.05, 4.69) is 15.0 Å². The second-order valence-corrected chi connectivity index (χ2v) is 10.1. The zero-order valence-electron chi connectivity index (χ0n) is 14.6. The van der Waals surface area contributed by atoms with Gasteiger partial charge in [0.25, 0.3) is 0 Å². The summed E-state index contributed by atoms with van der Waals surface area (Å²) in [7, 11) is -3.40. The van der Waals surface area contributed by atoms with Crippen molar-refractivity contribution in [2.75, 3.05) is 5.32 Å². The minimum absolute atomic E-state index is 0.0110. The maximum Gasteiger partial charge on any atom is 0.250 e. The molecule has 0 spiro atoms. The highest BCUT2D eigenvalue weighted by Gasteiger charge is 2.26. The largest absolute Gasteiger partial charge is 0.382 e. The molecule has 0 radical (unpaired) electrons. The van der Waals surface area contributed by atoms with Crippen LogP contribution in [0.1, 0.15) is 25.7 Å². The van der Waals surface area contributed by atoms with Crippen LogP contribution in [0.4, 0.5) is 5.69 Å². The van der Waals surface area contributed by atoms with E-state index in [1.807, 2.05) is 24.3 Å². The van der Waals surface area contributed by atoms with Crippen LogP contribution < -0.4 is 10.0 Å². The third-order valence-electron chi connectivity index (χ3n) is 4.87. The molecule has 3 aromatic rings. The van der Waals surface area contributed by atoms with Crippen LogP contribution in [0.15, 0.2) is 52.2 Å². The fraction of sp³-hybridized carbons (Fsp3) is 0.316. The van der Waals surface area contributed by atoms with E-state index < -0.39 is 10.0 Å². The van der Waals surface area contributed by atoms with E-state index >= 15 is 0 Å². The van der Waals surface area contributed by atoms with Crippen molar-refractivity contribution < 1.29 is 8.42 Å². The molecule has 1 aromatic carbocycles. The first kappa shape index (κ1) is 18.7. The number of thiophene rings is 1. The SMILES string of the molecule is O=S(=O)(N[C@H]1CC[C@@H](Nc2ccnc3cc(Cl)ccc23)CC1)c1cccs1. The number of hydrogen-bond acceptors (Lipinski definition) is 5. The van der Waals surface area contributed by atoms with Gasteiger partial charge in [-0.25, -0.2) is 13.1 Å². The molecule has 1 aliphatic rings. The van der Waals surface area contributed by atoms with Crippen molar-refractivity contribution in [1.82, 2.24) is 9.71 Å². The molecular weight excluding hydrogens is 402 g/mol. The van der Waals surface area contributed by atoms with Gasteiger partial charge in [-0.05, 0) is 61.4 Å². The molecule has 0 saturated heterocycles. The fourth-order valence-corrected chi connectivity index (χ4v) is 6.00. The average Bonchev–Trinajstić information content (AvgIpc) is 3.19. The normalized spacial score (nSPS) is 20.6. The molecule has 8 heteroatoms. The van der Waals surface area contributed by atoms with Gasteiger partial charge in [0, 0.05) is 34.4 Å². The van der Waals surface area contributed by atoms with Crippen LogP contribution in [0.3, 0.4) is 0 Å². The predicted octanol–water partition coefficient (Wildman–Crippen LogP) is 4.65. The van der Waals surface area contributed by atoms with E-state index in [0.29, 0.717) is 15.3 Å². The summed E-state index contributed by atoms with van der Waals surface area (Å²) in [5.74, 6) is 0.